The van der Waals surface area contributed by atoms with Crippen molar-refractivity contribution in [2.75, 3.05) is 0 Å². The third-order valence-corrected chi connectivity index (χ3v) is 2.13. The van der Waals surface area contributed by atoms with E-state index >= 15 is 0 Å². The first-order valence-corrected chi connectivity index (χ1v) is 4.64. The molecule has 3 heteroatoms. The van der Waals surface area contributed by atoms with Crippen molar-refractivity contribution < 1.29 is 4.39 Å². The summed E-state index contributed by atoms with van der Waals surface area (Å²) in [6.45, 7) is 2.01. The highest BCUT2D eigenvalue weighted by molar-refractivity contribution is 5.39. The van der Waals surface area contributed by atoms with Crippen LogP contribution in [-0.2, 0) is 0 Å². The van der Waals surface area contributed by atoms with Crippen LogP contribution in [0.2, 0.25) is 0 Å². The third-order valence-electron chi connectivity index (χ3n) is 2.13. The third kappa shape index (κ3) is 2.30. The monoisotopic (exact) mass is 192 g/mol. The maximum atomic E-state index is 12.9. The molecule has 74 valence electrons. The molecule has 0 heterocycles. The molecule has 1 aromatic carbocycles. The number of hydrogen-bond donors (Lipinski definition) is 1. The molecule has 1 unspecified atom stereocenters. The Bertz CT molecular complexity index is 355. The summed E-state index contributed by atoms with van der Waals surface area (Å²) in [5.41, 5.74) is 6.90. The number of halogens is 1. The zero-order valence-corrected chi connectivity index (χ0v) is 8.13. The molecule has 14 heavy (non-hydrogen) atoms. The van der Waals surface area contributed by atoms with E-state index in [0.717, 1.165) is 12.8 Å². The van der Waals surface area contributed by atoms with Gasteiger partial charge in [0.2, 0.25) is 0 Å². The molecule has 0 aliphatic carbocycles. The Kier molecular flexibility index (Phi) is 3.61. The van der Waals surface area contributed by atoms with Gasteiger partial charge in [0.25, 0.3) is 0 Å². The highest BCUT2D eigenvalue weighted by atomic mass is 19.1. The van der Waals surface area contributed by atoms with E-state index in [1.165, 1.54) is 18.2 Å². The number of nitrogens with zero attached hydrogens (tertiary/aromatic N) is 1. The lowest BCUT2D eigenvalue weighted by atomic mass is 9.98. The van der Waals surface area contributed by atoms with Gasteiger partial charge in [-0.1, -0.05) is 13.3 Å². The molecule has 2 nitrogen and oxygen atoms in total. The zero-order chi connectivity index (χ0) is 10.6. The van der Waals surface area contributed by atoms with E-state index in [0.29, 0.717) is 11.1 Å². The minimum absolute atomic E-state index is 0.245. The molecule has 0 aliphatic rings. The number of hydrogen-bond acceptors (Lipinski definition) is 2. The van der Waals surface area contributed by atoms with Gasteiger partial charge in [0.1, 0.15) is 5.82 Å². The first-order chi connectivity index (χ1) is 6.69. The highest BCUT2D eigenvalue weighted by Crippen LogP contribution is 2.20. The first-order valence-electron chi connectivity index (χ1n) is 4.64. The average Bonchev–Trinajstić information content (AvgIpc) is 2.18. The fourth-order valence-corrected chi connectivity index (χ4v) is 1.41. The van der Waals surface area contributed by atoms with E-state index in [2.05, 4.69) is 0 Å². The Morgan fingerprint density at radius 1 is 1.57 bits per heavy atom. The molecule has 0 amide bonds. The summed E-state index contributed by atoms with van der Waals surface area (Å²) >= 11 is 0. The van der Waals surface area contributed by atoms with Crippen LogP contribution in [0.1, 0.15) is 36.9 Å². The van der Waals surface area contributed by atoms with Gasteiger partial charge in [-0.25, -0.2) is 4.39 Å². The van der Waals surface area contributed by atoms with Crippen LogP contribution in [0.4, 0.5) is 4.39 Å². The second-order valence-corrected chi connectivity index (χ2v) is 3.24. The van der Waals surface area contributed by atoms with E-state index in [9.17, 15) is 4.39 Å². The molecule has 0 bridgehead atoms. The minimum atomic E-state index is -0.342. The predicted octanol–water partition coefficient (Wildman–Crippen LogP) is 2.50. The fourth-order valence-electron chi connectivity index (χ4n) is 1.41. The molecular formula is C11H13FN2. The number of nitrogens with two attached hydrogens (primary N) is 1. The molecule has 1 rings (SSSR count). The van der Waals surface area contributed by atoms with Crippen molar-refractivity contribution >= 4 is 0 Å². The van der Waals surface area contributed by atoms with Gasteiger partial charge < -0.3 is 5.73 Å². The van der Waals surface area contributed by atoms with Crippen LogP contribution >= 0.6 is 0 Å². The van der Waals surface area contributed by atoms with E-state index < -0.39 is 0 Å². The Labute approximate surface area is 83.2 Å². The summed E-state index contributed by atoms with van der Waals surface area (Å²) in [6, 6.07) is 5.87. The molecule has 0 radical (unpaired) electrons. The Balaban J connectivity index is 3.05. The lowest BCUT2D eigenvalue weighted by Crippen LogP contribution is -2.11. The van der Waals surface area contributed by atoms with Crippen LogP contribution in [-0.4, -0.2) is 0 Å². The van der Waals surface area contributed by atoms with Gasteiger partial charge in [-0.15, -0.1) is 0 Å². The van der Waals surface area contributed by atoms with Crippen molar-refractivity contribution in [1.29, 1.82) is 5.26 Å². The normalized spacial score (nSPS) is 12.1. The number of nitriles is 1. The second kappa shape index (κ2) is 4.73. The molecule has 1 aromatic rings. The highest BCUT2D eigenvalue weighted by Gasteiger charge is 2.10. The van der Waals surface area contributed by atoms with Crippen LogP contribution in [0.5, 0.6) is 0 Å². The van der Waals surface area contributed by atoms with Crippen LogP contribution in [0, 0.1) is 17.1 Å². The van der Waals surface area contributed by atoms with Crippen LogP contribution < -0.4 is 5.73 Å². The maximum absolute atomic E-state index is 12.9. The van der Waals surface area contributed by atoms with E-state index in [-0.39, 0.29) is 11.9 Å². The Morgan fingerprint density at radius 2 is 2.29 bits per heavy atom. The van der Waals surface area contributed by atoms with E-state index in [1.807, 2.05) is 13.0 Å². The quantitative estimate of drug-likeness (QED) is 0.799. The van der Waals surface area contributed by atoms with Gasteiger partial charge in [0.05, 0.1) is 11.6 Å². The summed E-state index contributed by atoms with van der Waals surface area (Å²) in [7, 11) is 0. The molecular weight excluding hydrogens is 179 g/mol. The van der Waals surface area contributed by atoms with Gasteiger partial charge in [-0.2, -0.15) is 5.26 Å². The van der Waals surface area contributed by atoms with Gasteiger partial charge in [0.15, 0.2) is 0 Å². The van der Waals surface area contributed by atoms with Gasteiger partial charge >= 0.3 is 0 Å². The van der Waals surface area contributed by atoms with Gasteiger partial charge in [0, 0.05) is 6.04 Å². The summed E-state index contributed by atoms with van der Waals surface area (Å²) in [5.74, 6) is -0.342. The van der Waals surface area contributed by atoms with Gasteiger partial charge in [-0.05, 0) is 30.2 Å². The van der Waals surface area contributed by atoms with E-state index in [4.69, 9.17) is 11.0 Å². The average molecular weight is 192 g/mol. The summed E-state index contributed by atoms with van der Waals surface area (Å²) in [6.07, 6.45) is 1.68. The molecule has 0 aliphatic heterocycles. The van der Waals surface area contributed by atoms with Crippen LogP contribution in [0.3, 0.4) is 0 Å². The van der Waals surface area contributed by atoms with Crippen molar-refractivity contribution in [2.45, 2.75) is 25.8 Å². The van der Waals surface area contributed by atoms with Crippen LogP contribution in [0.25, 0.3) is 0 Å². The summed E-state index contributed by atoms with van der Waals surface area (Å²) in [5, 5.41) is 8.80. The molecule has 0 spiro atoms. The van der Waals surface area contributed by atoms with Crippen molar-refractivity contribution in [3.8, 4) is 6.07 Å². The smallest absolute Gasteiger partial charge is 0.123 e. The summed E-state index contributed by atoms with van der Waals surface area (Å²) in [4.78, 5) is 0. The molecule has 0 fully saturated rings. The van der Waals surface area contributed by atoms with Crippen molar-refractivity contribution in [3.05, 3.63) is 35.1 Å². The minimum Gasteiger partial charge on any atom is -0.324 e. The molecule has 0 saturated heterocycles. The molecule has 2 N–H and O–H groups in total. The maximum Gasteiger partial charge on any atom is 0.123 e. The largest absolute Gasteiger partial charge is 0.324 e. The lowest BCUT2D eigenvalue weighted by Gasteiger charge is -2.12. The lowest BCUT2D eigenvalue weighted by molar-refractivity contribution is 0.604. The molecule has 0 saturated carbocycles. The molecule has 0 aromatic heterocycles. The zero-order valence-electron chi connectivity index (χ0n) is 8.13. The topological polar surface area (TPSA) is 49.8 Å². The first kappa shape index (κ1) is 10.7. The standard InChI is InChI=1S/C11H13FN2/c1-2-3-11(14)10-6-9(12)5-4-8(10)7-13/h4-6,11H,2-3,14H2,1H3. The van der Waals surface area contributed by atoms with Gasteiger partial charge in [-0.3, -0.25) is 0 Å². The predicted molar refractivity (Wildman–Crippen MR) is 53.0 cm³/mol. The van der Waals surface area contributed by atoms with Crippen LogP contribution in [0.15, 0.2) is 18.2 Å². The Hall–Kier alpha value is -1.40. The molecule has 1 atom stereocenters. The fraction of sp³-hybridized carbons (Fsp3) is 0.364. The Morgan fingerprint density at radius 3 is 2.86 bits per heavy atom. The SMILES string of the molecule is CCCC(N)c1cc(F)ccc1C#N. The van der Waals surface area contributed by atoms with Crippen molar-refractivity contribution in [2.24, 2.45) is 5.73 Å². The van der Waals surface area contributed by atoms with Crippen molar-refractivity contribution in [3.63, 3.8) is 0 Å². The van der Waals surface area contributed by atoms with E-state index in [1.54, 1.807) is 0 Å². The number of rotatable bonds is 3. The number of benzene rings is 1. The van der Waals surface area contributed by atoms with Crippen molar-refractivity contribution in [1.82, 2.24) is 0 Å². The second-order valence-electron chi connectivity index (χ2n) is 3.24. The summed E-state index contributed by atoms with van der Waals surface area (Å²) < 4.78 is 12.9.